The number of ketones is 1. The molecule has 0 saturated carbocycles. The Labute approximate surface area is 186 Å². The first-order valence-electron chi connectivity index (χ1n) is 10.1. The van der Waals surface area contributed by atoms with Crippen molar-refractivity contribution in [3.8, 4) is 11.4 Å². The van der Waals surface area contributed by atoms with E-state index < -0.39 is 0 Å². The number of aryl methyl sites for hydroxylation is 1. The molecule has 0 aliphatic heterocycles. The first-order valence-corrected chi connectivity index (χ1v) is 10.9. The number of hydrogen-bond donors (Lipinski definition) is 1. The summed E-state index contributed by atoms with van der Waals surface area (Å²) in [4.78, 5) is 20.5. The van der Waals surface area contributed by atoms with Crippen LogP contribution in [0.25, 0.3) is 22.4 Å². The Bertz CT molecular complexity index is 1150. The molecule has 0 atom stereocenters. The first kappa shape index (κ1) is 20.6. The average molecular weight is 437 g/mol. The Balaban J connectivity index is 1.39. The van der Waals surface area contributed by atoms with Crippen LogP contribution in [0.2, 0.25) is 10.0 Å². The second-order valence-corrected chi connectivity index (χ2v) is 8.20. The van der Waals surface area contributed by atoms with E-state index in [4.69, 9.17) is 23.2 Å². The molecule has 0 aliphatic rings. The summed E-state index contributed by atoms with van der Waals surface area (Å²) < 4.78 is 0. The summed E-state index contributed by atoms with van der Waals surface area (Å²) in [6.45, 7) is 0. The standard InChI is InChI=1S/C25H22Cl2N2O/c26-19-11-7-12-20(27)24(19)25-28-21-15-14-18(16-22(21)29-25)23(30)13-6-2-5-10-17-8-3-1-4-9-17/h1,3-4,7-9,11-12,14-16H,2,5-6,10,13H2,(H,28,29). The lowest BCUT2D eigenvalue weighted by Gasteiger charge is -2.03. The third kappa shape index (κ3) is 4.75. The molecule has 0 aliphatic carbocycles. The summed E-state index contributed by atoms with van der Waals surface area (Å²) in [7, 11) is 0. The molecule has 152 valence electrons. The van der Waals surface area contributed by atoms with Gasteiger partial charge in [-0.25, -0.2) is 4.98 Å². The number of fused-ring (bicyclic) bond motifs is 1. The van der Waals surface area contributed by atoms with Crippen LogP contribution in [0.1, 0.15) is 41.6 Å². The van der Waals surface area contributed by atoms with Gasteiger partial charge in [0.25, 0.3) is 0 Å². The maximum absolute atomic E-state index is 12.6. The number of hydrogen-bond acceptors (Lipinski definition) is 2. The summed E-state index contributed by atoms with van der Waals surface area (Å²) in [5.74, 6) is 0.759. The highest BCUT2D eigenvalue weighted by Crippen LogP contribution is 2.34. The van der Waals surface area contributed by atoms with E-state index in [2.05, 4.69) is 34.2 Å². The zero-order chi connectivity index (χ0) is 20.9. The molecule has 1 N–H and O–H groups in total. The number of aromatic nitrogens is 2. The van der Waals surface area contributed by atoms with Crippen molar-refractivity contribution in [1.29, 1.82) is 0 Å². The van der Waals surface area contributed by atoms with Crippen LogP contribution in [-0.4, -0.2) is 15.8 Å². The average Bonchev–Trinajstić information content (AvgIpc) is 3.16. The number of aromatic amines is 1. The summed E-state index contributed by atoms with van der Waals surface area (Å²) in [5, 5.41) is 1.07. The molecule has 0 bridgehead atoms. The van der Waals surface area contributed by atoms with Crippen LogP contribution in [0.3, 0.4) is 0 Å². The van der Waals surface area contributed by atoms with Crippen molar-refractivity contribution < 1.29 is 4.79 Å². The fourth-order valence-corrected chi connectivity index (χ4v) is 4.18. The second-order valence-electron chi connectivity index (χ2n) is 7.38. The predicted molar refractivity (Wildman–Crippen MR) is 124 cm³/mol. The fourth-order valence-electron chi connectivity index (χ4n) is 3.61. The topological polar surface area (TPSA) is 45.8 Å². The van der Waals surface area contributed by atoms with E-state index in [1.165, 1.54) is 5.56 Å². The van der Waals surface area contributed by atoms with E-state index >= 15 is 0 Å². The number of carbonyl (C=O) groups excluding carboxylic acids is 1. The van der Waals surface area contributed by atoms with Gasteiger partial charge in [-0.2, -0.15) is 0 Å². The molecule has 4 rings (SSSR count). The lowest BCUT2D eigenvalue weighted by atomic mass is 10.0. The van der Waals surface area contributed by atoms with Crippen molar-refractivity contribution in [2.75, 3.05) is 0 Å². The van der Waals surface area contributed by atoms with Crippen LogP contribution < -0.4 is 0 Å². The van der Waals surface area contributed by atoms with Crippen LogP contribution in [0, 0.1) is 0 Å². The monoisotopic (exact) mass is 436 g/mol. The number of halogens is 2. The van der Waals surface area contributed by atoms with E-state index in [9.17, 15) is 4.79 Å². The maximum Gasteiger partial charge on any atom is 0.162 e. The summed E-state index contributed by atoms with van der Waals surface area (Å²) in [6.07, 6.45) is 4.65. The van der Waals surface area contributed by atoms with E-state index in [0.717, 1.165) is 36.7 Å². The largest absolute Gasteiger partial charge is 0.338 e. The number of carbonyl (C=O) groups is 1. The smallest absolute Gasteiger partial charge is 0.162 e. The third-order valence-electron chi connectivity index (χ3n) is 5.22. The van der Waals surface area contributed by atoms with Gasteiger partial charge in [0, 0.05) is 12.0 Å². The Morgan fingerprint density at radius 1 is 0.867 bits per heavy atom. The normalized spacial score (nSPS) is 11.1. The van der Waals surface area contributed by atoms with Gasteiger partial charge in [0.1, 0.15) is 5.82 Å². The summed E-state index contributed by atoms with van der Waals surface area (Å²) in [6, 6.07) is 21.4. The molecule has 0 amide bonds. The number of H-pyrrole nitrogens is 1. The van der Waals surface area contributed by atoms with Crippen LogP contribution in [0.5, 0.6) is 0 Å². The molecule has 1 heterocycles. The van der Waals surface area contributed by atoms with Gasteiger partial charge in [-0.1, -0.05) is 66.0 Å². The highest BCUT2D eigenvalue weighted by atomic mass is 35.5. The lowest BCUT2D eigenvalue weighted by Crippen LogP contribution is -1.99. The second kappa shape index (κ2) is 9.46. The first-order chi connectivity index (χ1) is 14.6. The Kier molecular flexibility index (Phi) is 6.51. The molecule has 4 aromatic rings. The highest BCUT2D eigenvalue weighted by Gasteiger charge is 2.14. The van der Waals surface area contributed by atoms with E-state index in [-0.39, 0.29) is 5.78 Å². The van der Waals surface area contributed by atoms with Gasteiger partial charge in [-0.05, 0) is 55.2 Å². The van der Waals surface area contributed by atoms with Crippen LogP contribution in [0.4, 0.5) is 0 Å². The van der Waals surface area contributed by atoms with Gasteiger partial charge in [0.2, 0.25) is 0 Å². The minimum atomic E-state index is 0.156. The number of Topliss-reactive ketones (excluding diaryl/α,β-unsaturated/α-hetero) is 1. The lowest BCUT2D eigenvalue weighted by molar-refractivity contribution is 0.0979. The number of benzene rings is 3. The number of nitrogens with zero attached hydrogens (tertiary/aromatic N) is 1. The molecule has 3 nitrogen and oxygen atoms in total. The molecule has 3 aromatic carbocycles. The highest BCUT2D eigenvalue weighted by molar-refractivity contribution is 6.39. The fraction of sp³-hybridized carbons (Fsp3) is 0.200. The maximum atomic E-state index is 12.6. The number of imidazole rings is 1. The third-order valence-corrected chi connectivity index (χ3v) is 5.85. The van der Waals surface area contributed by atoms with Crippen LogP contribution in [-0.2, 0) is 6.42 Å². The zero-order valence-corrected chi connectivity index (χ0v) is 18.0. The van der Waals surface area contributed by atoms with Crippen molar-refractivity contribution in [2.24, 2.45) is 0 Å². The summed E-state index contributed by atoms with van der Waals surface area (Å²) >= 11 is 12.6. The van der Waals surface area contributed by atoms with Crippen LogP contribution in [0.15, 0.2) is 66.7 Å². The Morgan fingerprint density at radius 3 is 2.40 bits per heavy atom. The van der Waals surface area contributed by atoms with Crippen molar-refractivity contribution >= 4 is 40.0 Å². The van der Waals surface area contributed by atoms with Crippen LogP contribution >= 0.6 is 23.2 Å². The van der Waals surface area contributed by atoms with Crippen molar-refractivity contribution in [1.82, 2.24) is 9.97 Å². The molecule has 30 heavy (non-hydrogen) atoms. The molecular weight excluding hydrogens is 415 g/mol. The van der Waals surface area contributed by atoms with E-state index in [1.807, 2.05) is 24.3 Å². The van der Waals surface area contributed by atoms with Gasteiger partial charge in [0.05, 0.1) is 26.6 Å². The molecule has 0 saturated heterocycles. The quantitative estimate of drug-likeness (QED) is 0.229. The molecular formula is C25H22Cl2N2O. The molecule has 5 heteroatoms. The Hall–Kier alpha value is -2.62. The molecule has 0 fully saturated rings. The van der Waals surface area contributed by atoms with Crippen molar-refractivity contribution in [3.63, 3.8) is 0 Å². The SMILES string of the molecule is O=C(CCCCCc1ccccc1)c1ccc2nc(-c3c(Cl)cccc3Cl)[nH]c2c1. The van der Waals surface area contributed by atoms with Gasteiger partial charge in [0.15, 0.2) is 5.78 Å². The van der Waals surface area contributed by atoms with E-state index in [1.54, 1.807) is 18.2 Å². The molecule has 0 radical (unpaired) electrons. The van der Waals surface area contributed by atoms with Gasteiger partial charge >= 0.3 is 0 Å². The zero-order valence-electron chi connectivity index (χ0n) is 16.5. The molecule has 0 unspecified atom stereocenters. The summed E-state index contributed by atoms with van der Waals surface area (Å²) in [5.41, 5.74) is 4.30. The number of nitrogens with one attached hydrogen (secondary N) is 1. The Morgan fingerprint density at radius 2 is 1.63 bits per heavy atom. The number of unbranched alkanes of at least 4 members (excludes halogenated alkanes) is 2. The van der Waals surface area contributed by atoms with Crippen molar-refractivity contribution in [2.45, 2.75) is 32.1 Å². The number of rotatable bonds is 8. The van der Waals surface area contributed by atoms with Gasteiger partial charge in [-0.15, -0.1) is 0 Å². The predicted octanol–water partition coefficient (Wildman–Crippen LogP) is 7.52. The van der Waals surface area contributed by atoms with Crippen molar-refractivity contribution in [3.05, 3.63) is 87.9 Å². The molecule has 1 aromatic heterocycles. The van der Waals surface area contributed by atoms with E-state index in [0.29, 0.717) is 33.4 Å². The minimum Gasteiger partial charge on any atom is -0.338 e. The van der Waals surface area contributed by atoms with Gasteiger partial charge < -0.3 is 4.98 Å². The molecule has 0 spiro atoms. The van der Waals surface area contributed by atoms with Gasteiger partial charge in [-0.3, -0.25) is 4.79 Å². The minimum absolute atomic E-state index is 0.156.